The second kappa shape index (κ2) is 7.13. The molecule has 136 valence electrons. The molecule has 4 aliphatic heterocycles. The van der Waals surface area contributed by atoms with Gasteiger partial charge in [-0.1, -0.05) is 36.4 Å². The van der Waals surface area contributed by atoms with Gasteiger partial charge in [0.2, 0.25) is 0 Å². The molecule has 0 unspecified atom stereocenters. The van der Waals surface area contributed by atoms with Gasteiger partial charge in [-0.15, -0.1) is 0 Å². The van der Waals surface area contributed by atoms with E-state index in [1.165, 1.54) is 51.0 Å². The zero-order chi connectivity index (χ0) is 17.3. The third-order valence-corrected chi connectivity index (χ3v) is 6.96. The minimum Gasteiger partial charge on any atom is -0.298 e. The monoisotopic (exact) mass is 347 g/mol. The number of hydrogen-bond acceptors (Lipinski definition) is 3. The Labute approximate surface area is 157 Å². The summed E-state index contributed by atoms with van der Waals surface area (Å²) in [6, 6.07) is 17.1. The molecule has 0 spiro atoms. The maximum Gasteiger partial charge on any atom is 0.0335 e. The topological polar surface area (TPSA) is 19.4 Å². The van der Waals surface area contributed by atoms with Crippen LogP contribution in [0.4, 0.5) is 0 Å². The summed E-state index contributed by atoms with van der Waals surface area (Å²) in [7, 11) is 0. The number of pyridine rings is 1. The van der Waals surface area contributed by atoms with Crippen LogP contribution in [-0.4, -0.2) is 53.0 Å². The van der Waals surface area contributed by atoms with Gasteiger partial charge in [-0.3, -0.25) is 14.8 Å². The Morgan fingerprint density at radius 2 is 1.81 bits per heavy atom. The summed E-state index contributed by atoms with van der Waals surface area (Å²) in [4.78, 5) is 9.91. The number of benzene rings is 1. The molecule has 26 heavy (non-hydrogen) atoms. The fraction of sp³-hybridized carbons (Fsp3) is 0.522. The summed E-state index contributed by atoms with van der Waals surface area (Å²) in [5.74, 6) is 1.60. The Morgan fingerprint density at radius 1 is 0.962 bits per heavy atom. The second-order valence-electron chi connectivity index (χ2n) is 8.33. The second-order valence-corrected chi connectivity index (χ2v) is 8.33. The number of piperidine rings is 3. The standard InChI is InChI=1S/C23H29N3/c1-2-8-19(9-3-1)21-17-26(13-5-7-18-6-4-12-24-16-18)22-20-10-14-25(15-11-20)23(21)22/h1-4,6,8-9,12,16,20-23H,5,7,10-11,13-15,17H2/t21-,22+,23+/m0/s1. The van der Waals surface area contributed by atoms with E-state index in [9.17, 15) is 0 Å². The molecule has 5 heterocycles. The van der Waals surface area contributed by atoms with Crippen molar-refractivity contribution in [2.45, 2.75) is 43.7 Å². The predicted octanol–water partition coefficient (Wildman–Crippen LogP) is 3.58. The highest BCUT2D eigenvalue weighted by atomic mass is 15.3. The average Bonchev–Trinajstić information content (AvgIpc) is 3.12. The van der Waals surface area contributed by atoms with Crippen molar-refractivity contribution >= 4 is 0 Å². The molecule has 3 atom stereocenters. The van der Waals surface area contributed by atoms with E-state index in [1.807, 2.05) is 12.4 Å². The van der Waals surface area contributed by atoms with Crippen LogP contribution in [0.5, 0.6) is 0 Å². The summed E-state index contributed by atoms with van der Waals surface area (Å²) in [6.45, 7) is 5.10. The first-order chi connectivity index (χ1) is 12.9. The first-order valence-corrected chi connectivity index (χ1v) is 10.3. The number of rotatable bonds is 5. The van der Waals surface area contributed by atoms with Crippen LogP contribution in [0.2, 0.25) is 0 Å². The Hall–Kier alpha value is -1.71. The number of aromatic nitrogens is 1. The van der Waals surface area contributed by atoms with Gasteiger partial charge in [0.15, 0.2) is 0 Å². The van der Waals surface area contributed by atoms with E-state index in [0.29, 0.717) is 5.92 Å². The molecular formula is C23H29N3. The lowest BCUT2D eigenvalue weighted by Crippen LogP contribution is -2.60. The van der Waals surface area contributed by atoms with Crippen LogP contribution in [-0.2, 0) is 6.42 Å². The third kappa shape index (κ3) is 2.97. The van der Waals surface area contributed by atoms with Gasteiger partial charge in [0, 0.05) is 36.9 Å². The Bertz CT molecular complexity index is 709. The number of fused-ring (bicyclic) bond motifs is 2. The largest absolute Gasteiger partial charge is 0.298 e. The quantitative estimate of drug-likeness (QED) is 0.824. The summed E-state index contributed by atoms with van der Waals surface area (Å²) < 4.78 is 0. The van der Waals surface area contributed by atoms with Gasteiger partial charge in [-0.2, -0.15) is 0 Å². The van der Waals surface area contributed by atoms with E-state index in [4.69, 9.17) is 0 Å². The van der Waals surface area contributed by atoms with E-state index in [0.717, 1.165) is 24.4 Å². The Kier molecular flexibility index (Phi) is 4.51. The molecule has 0 amide bonds. The fourth-order valence-electron chi connectivity index (χ4n) is 5.82. The number of aryl methyl sites for hydroxylation is 1. The highest BCUT2D eigenvalue weighted by molar-refractivity contribution is 5.27. The smallest absolute Gasteiger partial charge is 0.0335 e. The van der Waals surface area contributed by atoms with Crippen LogP contribution in [0, 0.1) is 5.92 Å². The lowest BCUT2D eigenvalue weighted by atomic mass is 9.75. The van der Waals surface area contributed by atoms with Gasteiger partial charge in [0.25, 0.3) is 0 Å². The van der Waals surface area contributed by atoms with Crippen LogP contribution in [0.15, 0.2) is 54.9 Å². The van der Waals surface area contributed by atoms with Crippen LogP contribution >= 0.6 is 0 Å². The molecule has 2 aromatic rings. The number of likely N-dealkylation sites (tertiary alicyclic amines) is 1. The lowest BCUT2D eigenvalue weighted by Gasteiger charge is -2.51. The molecular weight excluding hydrogens is 318 g/mol. The SMILES string of the molecule is c1ccc([C@@H]2CN(CCCc3cccnc3)[C@@H]3C4CCN(CC4)[C@@H]32)cc1. The molecule has 0 aliphatic carbocycles. The highest BCUT2D eigenvalue weighted by Gasteiger charge is 2.52. The first kappa shape index (κ1) is 16.5. The summed E-state index contributed by atoms with van der Waals surface area (Å²) in [5.41, 5.74) is 2.92. The van der Waals surface area contributed by atoms with E-state index in [2.05, 4.69) is 57.2 Å². The van der Waals surface area contributed by atoms with Gasteiger partial charge in [0.1, 0.15) is 0 Å². The van der Waals surface area contributed by atoms with Crippen molar-refractivity contribution in [3.05, 3.63) is 66.0 Å². The zero-order valence-electron chi connectivity index (χ0n) is 15.5. The van der Waals surface area contributed by atoms with Crippen molar-refractivity contribution in [3.8, 4) is 0 Å². The molecule has 4 saturated heterocycles. The zero-order valence-corrected chi connectivity index (χ0v) is 15.5. The average molecular weight is 348 g/mol. The van der Waals surface area contributed by atoms with E-state index in [1.54, 1.807) is 5.56 Å². The molecule has 4 fully saturated rings. The van der Waals surface area contributed by atoms with Crippen molar-refractivity contribution in [1.82, 2.24) is 14.8 Å². The van der Waals surface area contributed by atoms with Gasteiger partial charge in [-0.05, 0) is 68.4 Å². The first-order valence-electron chi connectivity index (χ1n) is 10.3. The lowest BCUT2D eigenvalue weighted by molar-refractivity contribution is -0.00667. The van der Waals surface area contributed by atoms with Crippen molar-refractivity contribution in [2.24, 2.45) is 5.92 Å². The summed E-state index contributed by atoms with van der Waals surface area (Å²) in [6.07, 6.45) is 9.08. The van der Waals surface area contributed by atoms with Gasteiger partial charge in [0.05, 0.1) is 0 Å². The van der Waals surface area contributed by atoms with Gasteiger partial charge < -0.3 is 0 Å². The maximum absolute atomic E-state index is 4.26. The molecule has 0 saturated carbocycles. The molecule has 0 radical (unpaired) electrons. The molecule has 6 rings (SSSR count). The summed E-state index contributed by atoms with van der Waals surface area (Å²) >= 11 is 0. The molecule has 3 heteroatoms. The van der Waals surface area contributed by atoms with Crippen LogP contribution in [0.1, 0.15) is 36.3 Å². The molecule has 0 N–H and O–H groups in total. The van der Waals surface area contributed by atoms with E-state index in [-0.39, 0.29) is 0 Å². The number of hydrogen-bond donors (Lipinski definition) is 0. The van der Waals surface area contributed by atoms with Crippen molar-refractivity contribution < 1.29 is 0 Å². The highest BCUT2D eigenvalue weighted by Crippen LogP contribution is 2.46. The molecule has 3 nitrogen and oxygen atoms in total. The van der Waals surface area contributed by atoms with Crippen molar-refractivity contribution in [1.29, 1.82) is 0 Å². The Balaban J connectivity index is 1.33. The third-order valence-electron chi connectivity index (χ3n) is 6.96. The van der Waals surface area contributed by atoms with Gasteiger partial charge >= 0.3 is 0 Å². The van der Waals surface area contributed by atoms with Crippen LogP contribution in [0.25, 0.3) is 0 Å². The van der Waals surface area contributed by atoms with Crippen LogP contribution < -0.4 is 0 Å². The van der Waals surface area contributed by atoms with Crippen LogP contribution in [0.3, 0.4) is 0 Å². The molecule has 1 aromatic heterocycles. The van der Waals surface area contributed by atoms with Crippen molar-refractivity contribution in [3.63, 3.8) is 0 Å². The molecule has 1 aromatic carbocycles. The fourth-order valence-corrected chi connectivity index (χ4v) is 5.82. The normalized spacial score (nSPS) is 33.3. The minimum absolute atomic E-state index is 0.683. The maximum atomic E-state index is 4.26. The van der Waals surface area contributed by atoms with Gasteiger partial charge in [-0.25, -0.2) is 0 Å². The predicted molar refractivity (Wildman–Crippen MR) is 105 cm³/mol. The minimum atomic E-state index is 0.683. The molecule has 2 bridgehead atoms. The number of nitrogens with zero attached hydrogens (tertiary/aromatic N) is 3. The Morgan fingerprint density at radius 3 is 2.58 bits per heavy atom. The molecule has 4 aliphatic rings. The van der Waals surface area contributed by atoms with Crippen molar-refractivity contribution in [2.75, 3.05) is 26.2 Å². The van der Waals surface area contributed by atoms with E-state index >= 15 is 0 Å². The van der Waals surface area contributed by atoms with E-state index < -0.39 is 0 Å². The summed E-state index contributed by atoms with van der Waals surface area (Å²) in [5, 5.41) is 0.